The Hall–Kier alpha value is -0.225. The van der Waals surface area contributed by atoms with Crippen molar-refractivity contribution in [1.82, 2.24) is 5.32 Å². The van der Waals surface area contributed by atoms with Gasteiger partial charge in [0.25, 0.3) is 0 Å². The summed E-state index contributed by atoms with van der Waals surface area (Å²) in [7, 11) is 1.52. The van der Waals surface area contributed by atoms with Gasteiger partial charge in [-0.2, -0.15) is 0 Å². The Bertz CT molecular complexity index is 98.2. The molecule has 0 saturated heterocycles. The van der Waals surface area contributed by atoms with Crippen LogP contribution in [-0.2, 0) is 4.74 Å². The third-order valence-corrected chi connectivity index (χ3v) is 1.08. The van der Waals surface area contributed by atoms with Crippen LogP contribution in [0.1, 0.15) is 6.42 Å². The molecule has 0 fully saturated rings. The van der Waals surface area contributed by atoms with Gasteiger partial charge < -0.3 is 23.0 Å². The Kier molecular flexibility index (Phi) is 5.32. The lowest BCUT2D eigenvalue weighted by Crippen LogP contribution is -2.34. The zero-order chi connectivity index (χ0) is 8.74. The summed E-state index contributed by atoms with van der Waals surface area (Å²) in [5.41, 5.74) is 0. The van der Waals surface area contributed by atoms with Crippen LogP contribution in [0.2, 0.25) is 0 Å². The minimum absolute atomic E-state index is 0.356. The molecule has 68 valence electrons. The maximum absolute atomic E-state index is 11.5. The van der Waals surface area contributed by atoms with Crippen molar-refractivity contribution in [1.29, 1.82) is 0 Å². The molecule has 0 rings (SSSR count). The Labute approximate surface area is 64.2 Å². The molecule has 0 aliphatic carbocycles. The molecular formula is C5H12BF3NO-. The molecule has 0 atom stereocenters. The summed E-state index contributed by atoms with van der Waals surface area (Å²) < 4.78 is 39.3. The Morgan fingerprint density at radius 1 is 1.36 bits per heavy atom. The van der Waals surface area contributed by atoms with Gasteiger partial charge >= 0.3 is 6.98 Å². The second kappa shape index (κ2) is 5.43. The van der Waals surface area contributed by atoms with Crippen LogP contribution in [0.15, 0.2) is 0 Å². The van der Waals surface area contributed by atoms with Gasteiger partial charge in [-0.3, -0.25) is 0 Å². The number of methoxy groups -OCH3 is 1. The summed E-state index contributed by atoms with van der Waals surface area (Å²) in [4.78, 5) is 0. The molecule has 0 bridgehead atoms. The van der Waals surface area contributed by atoms with Crippen molar-refractivity contribution in [3.63, 3.8) is 0 Å². The van der Waals surface area contributed by atoms with Crippen LogP contribution < -0.4 is 5.32 Å². The fourth-order valence-corrected chi connectivity index (χ4v) is 0.607. The first-order valence-electron chi connectivity index (χ1n) is 3.47. The first-order valence-corrected chi connectivity index (χ1v) is 3.47. The van der Waals surface area contributed by atoms with Gasteiger partial charge in [0.2, 0.25) is 0 Å². The topological polar surface area (TPSA) is 21.3 Å². The zero-order valence-corrected chi connectivity index (χ0v) is 6.45. The van der Waals surface area contributed by atoms with Gasteiger partial charge in [-0.1, -0.05) is 0 Å². The lowest BCUT2D eigenvalue weighted by atomic mass is 9.92. The average Bonchev–Trinajstić information content (AvgIpc) is 1.85. The monoisotopic (exact) mass is 170 g/mol. The molecule has 0 aromatic heterocycles. The highest BCUT2D eigenvalue weighted by molar-refractivity contribution is 6.58. The van der Waals surface area contributed by atoms with Crippen LogP contribution in [0, 0.1) is 0 Å². The minimum atomic E-state index is -4.67. The SMILES string of the molecule is COCCCNC[B-](F)(F)F. The highest BCUT2D eigenvalue weighted by Gasteiger charge is 2.21. The molecule has 2 nitrogen and oxygen atoms in total. The van der Waals surface area contributed by atoms with E-state index in [1.165, 1.54) is 7.11 Å². The van der Waals surface area contributed by atoms with Crippen LogP contribution in [0.3, 0.4) is 0 Å². The highest BCUT2D eigenvalue weighted by atomic mass is 19.4. The second-order valence-electron chi connectivity index (χ2n) is 2.26. The number of nitrogens with one attached hydrogen (secondary N) is 1. The normalized spacial score (nSPS) is 12.0. The van der Waals surface area contributed by atoms with Crippen molar-refractivity contribution in [3.8, 4) is 0 Å². The highest BCUT2D eigenvalue weighted by Crippen LogP contribution is 2.04. The second-order valence-corrected chi connectivity index (χ2v) is 2.26. The smallest absolute Gasteiger partial charge is 0.448 e. The standard InChI is InChI=1S/C5H12BF3NO/c1-11-4-2-3-10-5-6(7,8)9/h10H,2-5H2,1H3/q-1. The van der Waals surface area contributed by atoms with E-state index >= 15 is 0 Å². The van der Waals surface area contributed by atoms with Gasteiger partial charge in [0.05, 0.1) is 0 Å². The van der Waals surface area contributed by atoms with Crippen LogP contribution >= 0.6 is 0 Å². The van der Waals surface area contributed by atoms with Crippen LogP contribution in [-0.4, -0.2) is 33.7 Å². The van der Waals surface area contributed by atoms with E-state index in [2.05, 4.69) is 10.1 Å². The largest absolute Gasteiger partial charge is 0.491 e. The predicted molar refractivity (Wildman–Crippen MR) is 38.4 cm³/mol. The van der Waals surface area contributed by atoms with E-state index in [0.29, 0.717) is 19.6 Å². The summed E-state index contributed by atoms with van der Waals surface area (Å²) >= 11 is 0. The maximum atomic E-state index is 11.5. The molecule has 0 aromatic rings. The van der Waals surface area contributed by atoms with E-state index in [-0.39, 0.29) is 0 Å². The van der Waals surface area contributed by atoms with E-state index < -0.39 is 13.4 Å². The zero-order valence-electron chi connectivity index (χ0n) is 6.45. The summed E-state index contributed by atoms with van der Waals surface area (Å²) in [6.45, 7) is -3.82. The van der Waals surface area contributed by atoms with Gasteiger partial charge in [0.1, 0.15) is 0 Å². The van der Waals surface area contributed by atoms with Crippen molar-refractivity contribution in [2.75, 3.05) is 26.7 Å². The molecule has 0 spiro atoms. The van der Waals surface area contributed by atoms with E-state index in [0.717, 1.165) is 0 Å². The molecule has 0 aromatic carbocycles. The average molecular weight is 170 g/mol. The molecule has 6 heteroatoms. The fourth-order valence-electron chi connectivity index (χ4n) is 0.607. The van der Waals surface area contributed by atoms with Gasteiger partial charge in [0, 0.05) is 13.7 Å². The molecule has 0 heterocycles. The number of halogens is 3. The lowest BCUT2D eigenvalue weighted by Gasteiger charge is -2.13. The molecular weight excluding hydrogens is 158 g/mol. The molecule has 0 saturated carbocycles. The van der Waals surface area contributed by atoms with Crippen molar-refractivity contribution in [2.24, 2.45) is 0 Å². The number of rotatable bonds is 6. The van der Waals surface area contributed by atoms with E-state index in [1.54, 1.807) is 0 Å². The van der Waals surface area contributed by atoms with Crippen LogP contribution in [0.5, 0.6) is 0 Å². The number of ether oxygens (including phenoxy) is 1. The van der Waals surface area contributed by atoms with Crippen molar-refractivity contribution < 1.29 is 17.7 Å². The van der Waals surface area contributed by atoms with Crippen LogP contribution in [0.25, 0.3) is 0 Å². The number of hydrogen-bond acceptors (Lipinski definition) is 2. The Morgan fingerprint density at radius 3 is 2.45 bits per heavy atom. The third kappa shape index (κ3) is 9.77. The van der Waals surface area contributed by atoms with Gasteiger partial charge in [-0.05, 0) is 19.4 Å². The number of hydrogen-bond donors (Lipinski definition) is 1. The molecule has 1 N–H and O–H groups in total. The van der Waals surface area contributed by atoms with Gasteiger partial charge in [0.15, 0.2) is 0 Å². The van der Waals surface area contributed by atoms with E-state index in [1.807, 2.05) is 0 Å². The van der Waals surface area contributed by atoms with Crippen molar-refractivity contribution >= 4 is 6.98 Å². The van der Waals surface area contributed by atoms with Gasteiger partial charge in [-0.25, -0.2) is 0 Å². The van der Waals surface area contributed by atoms with Crippen molar-refractivity contribution in [2.45, 2.75) is 6.42 Å². The first kappa shape index (κ1) is 10.8. The van der Waals surface area contributed by atoms with Crippen LogP contribution in [0.4, 0.5) is 12.9 Å². The molecule has 0 aliphatic rings. The Balaban J connectivity index is 3.02. The molecule has 11 heavy (non-hydrogen) atoms. The summed E-state index contributed by atoms with van der Waals surface area (Å²) in [6.07, 6.45) is -0.244. The van der Waals surface area contributed by atoms with Crippen molar-refractivity contribution in [3.05, 3.63) is 0 Å². The predicted octanol–water partition coefficient (Wildman–Crippen LogP) is 0.999. The minimum Gasteiger partial charge on any atom is -0.448 e. The maximum Gasteiger partial charge on any atom is 0.491 e. The molecule has 0 aliphatic heterocycles. The Morgan fingerprint density at radius 2 is 2.00 bits per heavy atom. The summed E-state index contributed by atoms with van der Waals surface area (Å²) in [5, 5.41) is 2.28. The fraction of sp³-hybridized carbons (Fsp3) is 1.00. The third-order valence-electron chi connectivity index (χ3n) is 1.08. The first-order chi connectivity index (χ1) is 5.06. The summed E-state index contributed by atoms with van der Waals surface area (Å²) in [5.74, 6) is 0. The van der Waals surface area contributed by atoms with Gasteiger partial charge in [-0.15, -0.1) is 0 Å². The molecule has 0 unspecified atom stereocenters. The quantitative estimate of drug-likeness (QED) is 0.474. The van der Waals surface area contributed by atoms with E-state index in [4.69, 9.17) is 0 Å². The summed E-state index contributed by atoms with van der Waals surface area (Å²) in [6, 6.07) is 0. The molecule has 0 radical (unpaired) electrons. The van der Waals surface area contributed by atoms with E-state index in [9.17, 15) is 12.9 Å². The lowest BCUT2D eigenvalue weighted by molar-refractivity contribution is 0.194. The molecule has 0 amide bonds.